The molecule has 2 unspecified atom stereocenters. The summed E-state index contributed by atoms with van der Waals surface area (Å²) in [5.41, 5.74) is 1.98. The lowest BCUT2D eigenvalue weighted by Gasteiger charge is -2.49. The lowest BCUT2D eigenvalue weighted by Crippen LogP contribution is -2.55. The molecule has 1 aliphatic heterocycles. The molecule has 0 radical (unpaired) electrons. The van der Waals surface area contributed by atoms with Crippen molar-refractivity contribution in [3.05, 3.63) is 65.5 Å². The third-order valence-electron chi connectivity index (χ3n) is 5.81. The van der Waals surface area contributed by atoms with Crippen molar-refractivity contribution >= 4 is 5.91 Å². The maximum absolute atomic E-state index is 13.4. The third-order valence-corrected chi connectivity index (χ3v) is 5.81. The van der Waals surface area contributed by atoms with Gasteiger partial charge in [-0.3, -0.25) is 9.69 Å². The first-order valence-corrected chi connectivity index (χ1v) is 10.4. The smallest absolute Gasteiger partial charge is 0.217 e. The van der Waals surface area contributed by atoms with Crippen molar-refractivity contribution in [2.45, 2.75) is 51.1 Å². The Morgan fingerprint density at radius 2 is 1.90 bits per heavy atom. The van der Waals surface area contributed by atoms with Crippen molar-refractivity contribution in [1.82, 2.24) is 10.2 Å². The van der Waals surface area contributed by atoms with E-state index in [1.165, 1.54) is 17.7 Å². The van der Waals surface area contributed by atoms with Crippen LogP contribution in [-0.2, 0) is 16.8 Å². The number of likely N-dealkylation sites (N-methyl/N-ethyl adjacent to an activating group) is 1. The molecule has 1 amide bonds. The van der Waals surface area contributed by atoms with E-state index in [4.69, 9.17) is 4.74 Å². The molecule has 0 spiro atoms. The molecule has 0 aliphatic carbocycles. The summed E-state index contributed by atoms with van der Waals surface area (Å²) in [7, 11) is 2.13. The summed E-state index contributed by atoms with van der Waals surface area (Å²) in [6.45, 7) is 5.23. The molecule has 3 rings (SSSR count). The minimum Gasteiger partial charge on any atom is -0.494 e. The van der Waals surface area contributed by atoms with Gasteiger partial charge in [0.05, 0.1) is 12.1 Å². The van der Waals surface area contributed by atoms with Crippen LogP contribution >= 0.6 is 0 Å². The van der Waals surface area contributed by atoms with Gasteiger partial charge < -0.3 is 10.1 Å². The number of hydrogen-bond donors (Lipinski definition) is 1. The Morgan fingerprint density at radius 1 is 1.21 bits per heavy atom. The van der Waals surface area contributed by atoms with Gasteiger partial charge in [-0.25, -0.2) is 4.39 Å². The Bertz CT molecular complexity index is 807. The summed E-state index contributed by atoms with van der Waals surface area (Å²) >= 11 is 0. The van der Waals surface area contributed by atoms with Gasteiger partial charge in [0.2, 0.25) is 5.91 Å². The summed E-state index contributed by atoms with van der Waals surface area (Å²) in [6, 6.07) is 15.1. The fraction of sp³-hybridized carbons (Fsp3) is 0.458. The van der Waals surface area contributed by atoms with E-state index in [9.17, 15) is 9.18 Å². The number of piperidine rings is 1. The van der Waals surface area contributed by atoms with E-state index in [1.807, 2.05) is 24.3 Å². The number of nitrogens with zero attached hydrogens (tertiary/aromatic N) is 1. The number of halogens is 1. The van der Waals surface area contributed by atoms with E-state index in [0.29, 0.717) is 6.61 Å². The molecular weight excluding hydrogens is 367 g/mol. The molecule has 5 heteroatoms. The summed E-state index contributed by atoms with van der Waals surface area (Å²) in [6.07, 6.45) is 3.43. The summed E-state index contributed by atoms with van der Waals surface area (Å²) < 4.78 is 19.2. The van der Waals surface area contributed by atoms with Crippen LogP contribution in [0.1, 0.15) is 44.2 Å². The first kappa shape index (κ1) is 21.3. The van der Waals surface area contributed by atoms with Gasteiger partial charge >= 0.3 is 0 Å². The van der Waals surface area contributed by atoms with Crippen molar-refractivity contribution in [2.24, 2.45) is 0 Å². The van der Waals surface area contributed by atoms with Gasteiger partial charge in [-0.05, 0) is 68.1 Å². The van der Waals surface area contributed by atoms with Gasteiger partial charge in [-0.15, -0.1) is 0 Å². The van der Waals surface area contributed by atoms with E-state index in [2.05, 4.69) is 36.3 Å². The Hall–Kier alpha value is -2.40. The number of rotatable bonds is 7. The fourth-order valence-corrected chi connectivity index (χ4v) is 4.31. The number of ether oxygens (including phenoxy) is 1. The molecule has 156 valence electrons. The van der Waals surface area contributed by atoms with Crippen molar-refractivity contribution in [2.75, 3.05) is 20.2 Å². The second-order valence-electron chi connectivity index (χ2n) is 8.02. The van der Waals surface area contributed by atoms with Crippen LogP contribution in [0.15, 0.2) is 48.5 Å². The molecule has 29 heavy (non-hydrogen) atoms. The van der Waals surface area contributed by atoms with Crippen molar-refractivity contribution in [3.8, 4) is 5.75 Å². The number of carbonyl (C=O) groups excluding carboxylic acids is 1. The van der Waals surface area contributed by atoms with Crippen LogP contribution in [0.25, 0.3) is 0 Å². The van der Waals surface area contributed by atoms with Crippen LogP contribution in [0.4, 0.5) is 4.39 Å². The first-order chi connectivity index (χ1) is 13.9. The zero-order chi connectivity index (χ0) is 20.9. The lowest BCUT2D eigenvalue weighted by atomic mass is 9.74. The quantitative estimate of drug-likeness (QED) is 0.757. The summed E-state index contributed by atoms with van der Waals surface area (Å²) in [4.78, 5) is 14.1. The Balaban J connectivity index is 1.95. The van der Waals surface area contributed by atoms with Gasteiger partial charge in [0.25, 0.3) is 0 Å². The summed E-state index contributed by atoms with van der Waals surface area (Å²) in [5, 5.41) is 3.11. The Labute approximate surface area is 173 Å². The van der Waals surface area contributed by atoms with Crippen LogP contribution < -0.4 is 10.1 Å². The second-order valence-corrected chi connectivity index (χ2v) is 8.02. The van der Waals surface area contributed by atoms with Gasteiger partial charge in [0, 0.05) is 19.5 Å². The number of amides is 1. The summed E-state index contributed by atoms with van der Waals surface area (Å²) in [5.74, 6) is 0.635. The van der Waals surface area contributed by atoms with E-state index in [0.717, 1.165) is 43.5 Å². The van der Waals surface area contributed by atoms with E-state index < -0.39 is 0 Å². The zero-order valence-electron chi connectivity index (χ0n) is 17.6. The molecule has 2 aromatic rings. The molecule has 1 heterocycles. The highest BCUT2D eigenvalue weighted by Gasteiger charge is 2.42. The third kappa shape index (κ3) is 5.15. The molecule has 1 N–H and O–H groups in total. The van der Waals surface area contributed by atoms with Crippen molar-refractivity contribution < 1.29 is 13.9 Å². The van der Waals surface area contributed by atoms with Crippen molar-refractivity contribution in [3.63, 3.8) is 0 Å². The first-order valence-electron chi connectivity index (χ1n) is 10.4. The highest BCUT2D eigenvalue weighted by atomic mass is 19.1. The second kappa shape index (κ2) is 9.40. The molecule has 4 nitrogen and oxygen atoms in total. The van der Waals surface area contributed by atoms with Gasteiger partial charge in [-0.2, -0.15) is 0 Å². The van der Waals surface area contributed by atoms with Crippen molar-refractivity contribution in [1.29, 1.82) is 0 Å². The lowest BCUT2D eigenvalue weighted by molar-refractivity contribution is -0.120. The Morgan fingerprint density at radius 3 is 2.52 bits per heavy atom. The van der Waals surface area contributed by atoms with Crippen LogP contribution in [0, 0.1) is 5.82 Å². The number of hydrogen-bond acceptors (Lipinski definition) is 3. The zero-order valence-corrected chi connectivity index (χ0v) is 17.6. The highest BCUT2D eigenvalue weighted by molar-refractivity contribution is 5.73. The van der Waals surface area contributed by atoms with Gasteiger partial charge in [0.15, 0.2) is 0 Å². The average Bonchev–Trinajstić information content (AvgIpc) is 2.70. The Kier molecular flexibility index (Phi) is 6.91. The number of benzene rings is 2. The monoisotopic (exact) mass is 398 g/mol. The molecule has 2 atom stereocenters. The van der Waals surface area contributed by atoms with Crippen LogP contribution in [0.3, 0.4) is 0 Å². The maximum Gasteiger partial charge on any atom is 0.217 e. The average molecular weight is 399 g/mol. The molecule has 1 saturated heterocycles. The van der Waals surface area contributed by atoms with E-state index in [1.54, 1.807) is 6.92 Å². The van der Waals surface area contributed by atoms with E-state index >= 15 is 0 Å². The normalized spacial score (nSPS) is 22.3. The molecule has 0 saturated carbocycles. The van der Waals surface area contributed by atoms with Crippen LogP contribution in [0.5, 0.6) is 5.75 Å². The molecule has 2 aromatic carbocycles. The van der Waals surface area contributed by atoms with Gasteiger partial charge in [-0.1, -0.05) is 31.2 Å². The SMILES string of the molecule is CCCOc1ccc(C2(Cc3ccc(F)cc3)CC(NC(C)=O)CCN2C)cc1. The highest BCUT2D eigenvalue weighted by Crippen LogP contribution is 2.40. The van der Waals surface area contributed by atoms with Crippen LogP contribution in [-0.4, -0.2) is 37.0 Å². The number of carbonyl (C=O) groups is 1. The predicted molar refractivity (Wildman–Crippen MR) is 113 cm³/mol. The number of nitrogens with one attached hydrogen (secondary N) is 1. The molecule has 0 bridgehead atoms. The van der Waals surface area contributed by atoms with E-state index in [-0.39, 0.29) is 23.3 Å². The van der Waals surface area contributed by atoms with Gasteiger partial charge in [0.1, 0.15) is 11.6 Å². The topological polar surface area (TPSA) is 41.6 Å². The minimum absolute atomic E-state index is 0.00134. The standard InChI is InChI=1S/C24H31FN2O2/c1-4-15-29-23-11-7-20(8-12-23)24(16-19-5-9-21(25)10-6-19)17-22(26-18(2)28)13-14-27(24)3/h5-12,22H,4,13-17H2,1-3H3,(H,26,28). The molecule has 0 aromatic heterocycles. The largest absolute Gasteiger partial charge is 0.494 e. The fourth-order valence-electron chi connectivity index (χ4n) is 4.31. The molecular formula is C24H31FN2O2. The minimum atomic E-state index is -0.285. The molecule has 1 fully saturated rings. The number of likely N-dealkylation sites (tertiary alicyclic amines) is 1. The maximum atomic E-state index is 13.4. The predicted octanol–water partition coefficient (Wildman–Crippen LogP) is 4.28. The van der Waals surface area contributed by atoms with Crippen LogP contribution in [0.2, 0.25) is 0 Å². The molecule has 1 aliphatic rings.